The molecule has 0 saturated carbocycles. The standard InChI is InChI=1S/C11H12BrF2NO2/c1-6(2-3-10(16)17)15-11-8(12)4-7(13)5-9(11)14/h4-6,15H,2-3H2,1H3,(H,16,17). The summed E-state index contributed by atoms with van der Waals surface area (Å²) in [6.07, 6.45) is 0.354. The van der Waals surface area contributed by atoms with Crippen LogP contribution < -0.4 is 5.32 Å². The number of hydrogen-bond donors (Lipinski definition) is 2. The Morgan fingerprint density at radius 1 is 1.53 bits per heavy atom. The van der Waals surface area contributed by atoms with Crippen molar-refractivity contribution in [1.29, 1.82) is 0 Å². The minimum Gasteiger partial charge on any atom is -0.481 e. The van der Waals surface area contributed by atoms with Gasteiger partial charge in [0.1, 0.15) is 11.6 Å². The highest BCUT2D eigenvalue weighted by atomic mass is 79.9. The first-order valence-electron chi connectivity index (χ1n) is 5.03. The molecule has 0 aromatic heterocycles. The lowest BCUT2D eigenvalue weighted by Crippen LogP contribution is -2.18. The van der Waals surface area contributed by atoms with Crippen LogP contribution in [0, 0.1) is 11.6 Å². The van der Waals surface area contributed by atoms with E-state index >= 15 is 0 Å². The maximum absolute atomic E-state index is 13.4. The van der Waals surface area contributed by atoms with Crippen molar-refractivity contribution in [3.63, 3.8) is 0 Å². The van der Waals surface area contributed by atoms with Crippen LogP contribution in [0.1, 0.15) is 19.8 Å². The van der Waals surface area contributed by atoms with Gasteiger partial charge in [-0.15, -0.1) is 0 Å². The number of benzene rings is 1. The zero-order chi connectivity index (χ0) is 13.0. The van der Waals surface area contributed by atoms with Gasteiger partial charge in [-0.25, -0.2) is 8.78 Å². The van der Waals surface area contributed by atoms with E-state index in [2.05, 4.69) is 21.2 Å². The van der Waals surface area contributed by atoms with E-state index in [9.17, 15) is 13.6 Å². The van der Waals surface area contributed by atoms with E-state index in [1.807, 2.05) is 0 Å². The monoisotopic (exact) mass is 307 g/mol. The van der Waals surface area contributed by atoms with Gasteiger partial charge >= 0.3 is 5.97 Å². The number of anilines is 1. The summed E-state index contributed by atoms with van der Waals surface area (Å²) in [5.41, 5.74) is 0.143. The molecule has 17 heavy (non-hydrogen) atoms. The van der Waals surface area contributed by atoms with Crippen molar-refractivity contribution in [2.45, 2.75) is 25.8 Å². The van der Waals surface area contributed by atoms with Gasteiger partial charge in [0.2, 0.25) is 0 Å². The third-order valence-electron chi connectivity index (χ3n) is 2.19. The highest BCUT2D eigenvalue weighted by Gasteiger charge is 2.12. The number of carbonyl (C=O) groups is 1. The third kappa shape index (κ3) is 4.30. The van der Waals surface area contributed by atoms with E-state index in [-0.39, 0.29) is 22.6 Å². The lowest BCUT2D eigenvalue weighted by Gasteiger charge is -2.16. The van der Waals surface area contributed by atoms with Crippen LogP contribution in [0.5, 0.6) is 0 Å². The first-order chi connectivity index (χ1) is 7.90. The topological polar surface area (TPSA) is 49.3 Å². The van der Waals surface area contributed by atoms with Gasteiger partial charge in [-0.2, -0.15) is 0 Å². The van der Waals surface area contributed by atoms with Crippen LogP contribution >= 0.6 is 15.9 Å². The molecule has 1 atom stereocenters. The smallest absolute Gasteiger partial charge is 0.303 e. The van der Waals surface area contributed by atoms with Crippen LogP contribution in [-0.4, -0.2) is 17.1 Å². The molecule has 0 aliphatic rings. The van der Waals surface area contributed by atoms with Crippen molar-refractivity contribution in [2.24, 2.45) is 0 Å². The molecule has 94 valence electrons. The van der Waals surface area contributed by atoms with E-state index in [4.69, 9.17) is 5.11 Å². The Hall–Kier alpha value is -1.17. The Kier molecular flexibility index (Phi) is 4.86. The summed E-state index contributed by atoms with van der Waals surface area (Å²) in [5, 5.41) is 11.3. The minimum atomic E-state index is -0.905. The van der Waals surface area contributed by atoms with E-state index < -0.39 is 17.6 Å². The Morgan fingerprint density at radius 2 is 2.18 bits per heavy atom. The molecule has 0 heterocycles. The summed E-state index contributed by atoms with van der Waals surface area (Å²) in [4.78, 5) is 10.4. The molecule has 0 radical (unpaired) electrons. The molecule has 1 unspecified atom stereocenters. The van der Waals surface area contributed by atoms with Crippen LogP contribution in [0.15, 0.2) is 16.6 Å². The average Bonchev–Trinajstić information content (AvgIpc) is 2.20. The summed E-state index contributed by atoms with van der Waals surface area (Å²) in [5.74, 6) is -2.28. The summed E-state index contributed by atoms with van der Waals surface area (Å²) in [6, 6.07) is 1.70. The molecule has 2 N–H and O–H groups in total. The first-order valence-corrected chi connectivity index (χ1v) is 5.82. The molecule has 0 aliphatic heterocycles. The third-order valence-corrected chi connectivity index (χ3v) is 2.81. The van der Waals surface area contributed by atoms with Crippen molar-refractivity contribution in [3.05, 3.63) is 28.2 Å². The van der Waals surface area contributed by atoms with Gasteiger partial charge in [0.15, 0.2) is 0 Å². The lowest BCUT2D eigenvalue weighted by molar-refractivity contribution is -0.137. The summed E-state index contributed by atoms with van der Waals surface area (Å²) in [6.45, 7) is 1.73. The van der Waals surface area contributed by atoms with Gasteiger partial charge in [0.25, 0.3) is 0 Å². The average molecular weight is 308 g/mol. The van der Waals surface area contributed by atoms with E-state index in [0.717, 1.165) is 12.1 Å². The first kappa shape index (κ1) is 13.9. The van der Waals surface area contributed by atoms with Crippen LogP contribution in [0.25, 0.3) is 0 Å². The van der Waals surface area contributed by atoms with Gasteiger partial charge in [0.05, 0.1) is 5.69 Å². The highest BCUT2D eigenvalue weighted by molar-refractivity contribution is 9.10. The van der Waals surface area contributed by atoms with Gasteiger partial charge in [0, 0.05) is 23.0 Å². The van der Waals surface area contributed by atoms with E-state index in [0.29, 0.717) is 6.42 Å². The molecule has 0 aliphatic carbocycles. The van der Waals surface area contributed by atoms with Gasteiger partial charge in [-0.1, -0.05) is 0 Å². The predicted molar refractivity (Wildman–Crippen MR) is 64.0 cm³/mol. The number of carboxylic acids is 1. The Bertz CT molecular complexity index is 403. The van der Waals surface area contributed by atoms with Crippen LogP contribution in [-0.2, 0) is 4.79 Å². The molecule has 1 aromatic carbocycles. The number of hydrogen-bond acceptors (Lipinski definition) is 2. The molecule has 0 fully saturated rings. The molecular formula is C11H12BrF2NO2. The molecule has 6 heteroatoms. The fourth-order valence-corrected chi connectivity index (χ4v) is 1.86. The SMILES string of the molecule is CC(CCC(=O)O)Nc1c(F)cc(F)cc1Br. The molecule has 0 bridgehead atoms. The Balaban J connectivity index is 2.71. The second-order valence-corrected chi connectivity index (χ2v) is 4.58. The van der Waals surface area contributed by atoms with Crippen molar-refractivity contribution >= 4 is 27.6 Å². The van der Waals surface area contributed by atoms with Crippen LogP contribution in [0.2, 0.25) is 0 Å². The Labute approximate surface area is 106 Å². The number of halogens is 3. The normalized spacial score (nSPS) is 12.2. The largest absolute Gasteiger partial charge is 0.481 e. The number of nitrogens with one attached hydrogen (secondary N) is 1. The maximum atomic E-state index is 13.4. The van der Waals surface area contributed by atoms with Gasteiger partial charge in [-0.05, 0) is 35.3 Å². The molecule has 0 amide bonds. The van der Waals surface area contributed by atoms with Crippen molar-refractivity contribution in [1.82, 2.24) is 0 Å². The maximum Gasteiger partial charge on any atom is 0.303 e. The highest BCUT2D eigenvalue weighted by Crippen LogP contribution is 2.27. The second-order valence-electron chi connectivity index (χ2n) is 3.72. The predicted octanol–water partition coefficient (Wildman–Crippen LogP) is 3.39. The summed E-state index contributed by atoms with van der Waals surface area (Å²) < 4.78 is 26.5. The second kappa shape index (κ2) is 5.95. The van der Waals surface area contributed by atoms with Gasteiger partial charge < -0.3 is 10.4 Å². The quantitative estimate of drug-likeness (QED) is 0.876. The van der Waals surface area contributed by atoms with Crippen molar-refractivity contribution in [2.75, 3.05) is 5.32 Å². The molecule has 1 aromatic rings. The van der Waals surface area contributed by atoms with E-state index in [1.54, 1.807) is 6.92 Å². The summed E-state index contributed by atoms with van der Waals surface area (Å²) >= 11 is 3.05. The molecule has 0 spiro atoms. The van der Waals surface area contributed by atoms with Gasteiger partial charge in [-0.3, -0.25) is 4.79 Å². The number of carboxylic acid groups (broad SMARTS) is 1. The molecule has 0 saturated heterocycles. The zero-order valence-electron chi connectivity index (χ0n) is 9.14. The molecule has 3 nitrogen and oxygen atoms in total. The molecular weight excluding hydrogens is 296 g/mol. The Morgan fingerprint density at radius 3 is 2.71 bits per heavy atom. The van der Waals surface area contributed by atoms with Crippen molar-refractivity contribution < 1.29 is 18.7 Å². The summed E-state index contributed by atoms with van der Waals surface area (Å²) in [7, 11) is 0. The lowest BCUT2D eigenvalue weighted by atomic mass is 10.1. The van der Waals surface area contributed by atoms with Crippen molar-refractivity contribution in [3.8, 4) is 0 Å². The van der Waals surface area contributed by atoms with Crippen LogP contribution in [0.4, 0.5) is 14.5 Å². The zero-order valence-corrected chi connectivity index (χ0v) is 10.7. The van der Waals surface area contributed by atoms with E-state index in [1.165, 1.54) is 0 Å². The fraction of sp³-hybridized carbons (Fsp3) is 0.364. The number of aliphatic carboxylic acids is 1. The minimum absolute atomic E-state index is 0.00536. The number of rotatable bonds is 5. The van der Waals surface area contributed by atoms with Crippen LogP contribution in [0.3, 0.4) is 0 Å². The fourth-order valence-electron chi connectivity index (χ4n) is 1.34. The molecule has 1 rings (SSSR count).